The van der Waals surface area contributed by atoms with Crippen LogP contribution in [0.5, 0.6) is 5.75 Å². The summed E-state index contributed by atoms with van der Waals surface area (Å²) >= 11 is 0. The van der Waals surface area contributed by atoms with Gasteiger partial charge in [-0.25, -0.2) is 0 Å². The van der Waals surface area contributed by atoms with Crippen molar-refractivity contribution in [2.24, 2.45) is 5.73 Å². The SMILES string of the molecule is COc1ccc2c(c1CO)CC[C@@H]2N. The highest BCUT2D eigenvalue weighted by atomic mass is 16.5. The molecule has 1 aromatic carbocycles. The first-order chi connectivity index (χ1) is 6.77. The van der Waals surface area contributed by atoms with E-state index in [1.807, 2.05) is 12.1 Å². The third kappa shape index (κ3) is 1.29. The zero-order valence-electron chi connectivity index (χ0n) is 8.29. The molecule has 1 aromatic rings. The van der Waals surface area contributed by atoms with Crippen molar-refractivity contribution in [3.63, 3.8) is 0 Å². The maximum atomic E-state index is 9.28. The van der Waals surface area contributed by atoms with Crippen LogP contribution in [-0.4, -0.2) is 12.2 Å². The third-order valence-electron chi connectivity index (χ3n) is 2.91. The Labute approximate surface area is 83.5 Å². The fourth-order valence-electron chi connectivity index (χ4n) is 2.15. The quantitative estimate of drug-likeness (QED) is 0.740. The van der Waals surface area contributed by atoms with E-state index in [1.165, 1.54) is 5.56 Å². The second kappa shape index (κ2) is 3.59. The van der Waals surface area contributed by atoms with Gasteiger partial charge in [0.25, 0.3) is 0 Å². The molecule has 1 aliphatic carbocycles. The van der Waals surface area contributed by atoms with Crippen molar-refractivity contribution in [3.8, 4) is 5.75 Å². The summed E-state index contributed by atoms with van der Waals surface area (Å²) < 4.78 is 5.20. The number of nitrogens with two attached hydrogens (primary N) is 1. The van der Waals surface area contributed by atoms with E-state index in [0.717, 1.165) is 29.7 Å². The number of hydrogen-bond donors (Lipinski definition) is 2. The van der Waals surface area contributed by atoms with Gasteiger partial charge in [-0.2, -0.15) is 0 Å². The summed E-state index contributed by atoms with van der Waals surface area (Å²) in [5.41, 5.74) is 9.18. The highest BCUT2D eigenvalue weighted by Gasteiger charge is 2.23. The van der Waals surface area contributed by atoms with Crippen LogP contribution in [-0.2, 0) is 13.0 Å². The van der Waals surface area contributed by atoms with Crippen LogP contribution in [0.15, 0.2) is 12.1 Å². The summed E-state index contributed by atoms with van der Waals surface area (Å²) in [4.78, 5) is 0. The van der Waals surface area contributed by atoms with Crippen molar-refractivity contribution < 1.29 is 9.84 Å². The van der Waals surface area contributed by atoms with Gasteiger partial charge in [0, 0.05) is 11.6 Å². The number of fused-ring (bicyclic) bond motifs is 1. The largest absolute Gasteiger partial charge is 0.496 e. The molecule has 14 heavy (non-hydrogen) atoms. The van der Waals surface area contributed by atoms with E-state index in [1.54, 1.807) is 7.11 Å². The Balaban J connectivity index is 2.54. The monoisotopic (exact) mass is 193 g/mol. The van der Waals surface area contributed by atoms with Gasteiger partial charge in [-0.05, 0) is 30.0 Å². The molecular weight excluding hydrogens is 178 g/mol. The second-order valence-electron chi connectivity index (χ2n) is 3.62. The number of hydrogen-bond acceptors (Lipinski definition) is 3. The first-order valence-corrected chi connectivity index (χ1v) is 4.83. The van der Waals surface area contributed by atoms with Crippen LogP contribution >= 0.6 is 0 Å². The molecule has 0 bridgehead atoms. The predicted octanol–water partition coefficient (Wildman–Crippen LogP) is 1.13. The Morgan fingerprint density at radius 2 is 2.36 bits per heavy atom. The van der Waals surface area contributed by atoms with Gasteiger partial charge in [0.1, 0.15) is 5.75 Å². The molecule has 3 nitrogen and oxygen atoms in total. The first kappa shape index (κ1) is 9.49. The highest BCUT2D eigenvalue weighted by Crippen LogP contribution is 2.36. The lowest BCUT2D eigenvalue weighted by molar-refractivity contribution is 0.272. The lowest BCUT2D eigenvalue weighted by Gasteiger charge is -2.12. The molecule has 1 aliphatic rings. The predicted molar refractivity (Wildman–Crippen MR) is 54.2 cm³/mol. The number of ether oxygens (including phenoxy) is 1. The van der Waals surface area contributed by atoms with Crippen LogP contribution in [0.2, 0.25) is 0 Å². The van der Waals surface area contributed by atoms with Crippen molar-refractivity contribution in [1.82, 2.24) is 0 Å². The van der Waals surface area contributed by atoms with Gasteiger partial charge >= 0.3 is 0 Å². The maximum absolute atomic E-state index is 9.28. The molecule has 0 fully saturated rings. The molecule has 0 amide bonds. The second-order valence-corrected chi connectivity index (χ2v) is 3.62. The van der Waals surface area contributed by atoms with E-state index in [4.69, 9.17) is 10.5 Å². The molecule has 0 radical (unpaired) electrons. The summed E-state index contributed by atoms with van der Waals surface area (Å²) in [6, 6.07) is 4.02. The Hall–Kier alpha value is -1.06. The standard InChI is InChI=1S/C11H15NO2/c1-14-11-5-3-8-7(9(11)6-13)2-4-10(8)12/h3,5,10,13H,2,4,6,12H2,1H3/t10-/m0/s1. The van der Waals surface area contributed by atoms with Gasteiger partial charge in [0.05, 0.1) is 13.7 Å². The molecule has 3 heteroatoms. The van der Waals surface area contributed by atoms with Crippen molar-refractivity contribution in [2.75, 3.05) is 7.11 Å². The average Bonchev–Trinajstić information content (AvgIpc) is 2.59. The molecular formula is C11H15NO2. The fraction of sp³-hybridized carbons (Fsp3) is 0.455. The van der Waals surface area contributed by atoms with Crippen molar-refractivity contribution in [2.45, 2.75) is 25.5 Å². The fourth-order valence-corrected chi connectivity index (χ4v) is 2.15. The van der Waals surface area contributed by atoms with Gasteiger partial charge in [-0.1, -0.05) is 6.07 Å². The molecule has 0 saturated heterocycles. The van der Waals surface area contributed by atoms with Crippen molar-refractivity contribution >= 4 is 0 Å². The van der Waals surface area contributed by atoms with Crippen molar-refractivity contribution in [3.05, 3.63) is 28.8 Å². The number of aliphatic hydroxyl groups is 1. The lowest BCUT2D eigenvalue weighted by atomic mass is 10.0. The minimum Gasteiger partial charge on any atom is -0.496 e. The zero-order valence-corrected chi connectivity index (χ0v) is 8.29. The van der Waals surface area contributed by atoms with Gasteiger partial charge in [0.15, 0.2) is 0 Å². The third-order valence-corrected chi connectivity index (χ3v) is 2.91. The van der Waals surface area contributed by atoms with Gasteiger partial charge in [-0.3, -0.25) is 0 Å². The minimum atomic E-state index is 0.0269. The topological polar surface area (TPSA) is 55.5 Å². The molecule has 2 rings (SSSR count). The summed E-state index contributed by atoms with van der Waals surface area (Å²) in [6.45, 7) is 0.0269. The Morgan fingerprint density at radius 1 is 1.57 bits per heavy atom. The summed E-state index contributed by atoms with van der Waals surface area (Å²) in [5, 5.41) is 9.28. The minimum absolute atomic E-state index is 0.0269. The van der Waals surface area contributed by atoms with Crippen LogP contribution in [0, 0.1) is 0 Å². The molecule has 76 valence electrons. The summed E-state index contributed by atoms with van der Waals surface area (Å²) in [5.74, 6) is 0.764. The Kier molecular flexibility index (Phi) is 2.44. The number of methoxy groups -OCH3 is 1. The summed E-state index contributed by atoms with van der Waals surface area (Å²) in [7, 11) is 1.62. The molecule has 0 spiro atoms. The highest BCUT2D eigenvalue weighted by molar-refractivity contribution is 5.48. The normalized spacial score (nSPS) is 19.5. The molecule has 0 heterocycles. The smallest absolute Gasteiger partial charge is 0.124 e. The average molecular weight is 193 g/mol. The van der Waals surface area contributed by atoms with Crippen LogP contribution in [0.25, 0.3) is 0 Å². The van der Waals surface area contributed by atoms with Crippen LogP contribution in [0.4, 0.5) is 0 Å². The molecule has 0 unspecified atom stereocenters. The maximum Gasteiger partial charge on any atom is 0.124 e. The van der Waals surface area contributed by atoms with E-state index < -0.39 is 0 Å². The van der Waals surface area contributed by atoms with Gasteiger partial charge < -0.3 is 15.6 Å². The molecule has 0 aliphatic heterocycles. The molecule has 1 atom stereocenters. The van der Waals surface area contributed by atoms with E-state index in [-0.39, 0.29) is 12.6 Å². The number of benzene rings is 1. The summed E-state index contributed by atoms with van der Waals surface area (Å²) in [6.07, 6.45) is 1.92. The molecule has 3 N–H and O–H groups in total. The Bertz CT molecular complexity index is 349. The van der Waals surface area contributed by atoms with Crippen LogP contribution in [0.3, 0.4) is 0 Å². The van der Waals surface area contributed by atoms with E-state index in [0.29, 0.717) is 0 Å². The van der Waals surface area contributed by atoms with Gasteiger partial charge in [-0.15, -0.1) is 0 Å². The van der Waals surface area contributed by atoms with Crippen molar-refractivity contribution in [1.29, 1.82) is 0 Å². The van der Waals surface area contributed by atoms with E-state index >= 15 is 0 Å². The Morgan fingerprint density at radius 3 is 3.00 bits per heavy atom. The van der Waals surface area contributed by atoms with Crippen LogP contribution in [0.1, 0.15) is 29.2 Å². The van der Waals surface area contributed by atoms with E-state index in [9.17, 15) is 5.11 Å². The first-order valence-electron chi connectivity index (χ1n) is 4.83. The lowest BCUT2D eigenvalue weighted by Crippen LogP contribution is -2.06. The molecule has 0 saturated carbocycles. The molecule has 0 aromatic heterocycles. The number of aliphatic hydroxyl groups excluding tert-OH is 1. The van der Waals surface area contributed by atoms with Crippen LogP contribution < -0.4 is 10.5 Å². The van der Waals surface area contributed by atoms with E-state index in [2.05, 4.69) is 0 Å². The number of rotatable bonds is 2. The van der Waals surface area contributed by atoms with Gasteiger partial charge in [0.2, 0.25) is 0 Å². The zero-order chi connectivity index (χ0) is 10.1.